The van der Waals surface area contributed by atoms with Gasteiger partial charge in [-0.2, -0.15) is 0 Å². The first-order valence-electron chi connectivity index (χ1n) is 11.3. The van der Waals surface area contributed by atoms with Crippen LogP contribution in [0.5, 0.6) is 5.75 Å². The molecule has 0 aliphatic carbocycles. The first kappa shape index (κ1) is 26.3. The number of unbranched alkanes of at least 4 members (excludes halogenated alkanes) is 5. The van der Waals surface area contributed by atoms with Crippen molar-refractivity contribution in [1.82, 2.24) is 4.98 Å². The molecule has 0 aliphatic rings. The Hall–Kier alpha value is -2.69. The van der Waals surface area contributed by atoms with Gasteiger partial charge in [0.2, 0.25) is 0 Å². The molecule has 5 heteroatoms. The van der Waals surface area contributed by atoms with Gasteiger partial charge in [-0.25, -0.2) is 0 Å². The van der Waals surface area contributed by atoms with Gasteiger partial charge in [-0.05, 0) is 51.9 Å². The zero-order valence-corrected chi connectivity index (χ0v) is 19.0. The summed E-state index contributed by atoms with van der Waals surface area (Å²) in [6, 6.07) is 0. The lowest BCUT2D eigenvalue weighted by Crippen LogP contribution is -2.07. The van der Waals surface area contributed by atoms with E-state index in [1.165, 1.54) is 31.9 Å². The number of nitrogens with zero attached hydrogens (tertiary/aromatic N) is 1. The molecule has 1 rings (SSSR count). The van der Waals surface area contributed by atoms with Crippen molar-refractivity contribution in [3.8, 4) is 5.75 Å². The van der Waals surface area contributed by atoms with Crippen molar-refractivity contribution in [3.05, 3.63) is 59.5 Å². The molecule has 1 heterocycles. The Bertz CT molecular complexity index is 750. The summed E-state index contributed by atoms with van der Waals surface area (Å²) in [5, 5.41) is 9.85. The van der Waals surface area contributed by atoms with Crippen LogP contribution in [0.2, 0.25) is 0 Å². The van der Waals surface area contributed by atoms with E-state index in [0.29, 0.717) is 24.0 Å². The number of hydrogen-bond donors (Lipinski definition) is 1. The van der Waals surface area contributed by atoms with Crippen LogP contribution in [0.15, 0.2) is 42.7 Å². The number of esters is 1. The van der Waals surface area contributed by atoms with E-state index in [2.05, 4.69) is 48.4 Å². The molecule has 1 aromatic rings. The van der Waals surface area contributed by atoms with Gasteiger partial charge in [0.15, 0.2) is 6.29 Å². The highest BCUT2D eigenvalue weighted by Gasteiger charge is 2.12. The summed E-state index contributed by atoms with van der Waals surface area (Å²) in [5.41, 5.74) is 0.910. The van der Waals surface area contributed by atoms with Gasteiger partial charge < -0.3 is 9.84 Å². The maximum absolute atomic E-state index is 11.9. The number of aromatic nitrogens is 1. The topological polar surface area (TPSA) is 76.5 Å². The third-order valence-corrected chi connectivity index (χ3v) is 4.88. The number of carbonyl (C=O) groups is 2. The van der Waals surface area contributed by atoms with Crippen molar-refractivity contribution in [2.75, 3.05) is 0 Å². The van der Waals surface area contributed by atoms with Crippen molar-refractivity contribution >= 4 is 12.3 Å². The van der Waals surface area contributed by atoms with Crippen LogP contribution in [0.1, 0.15) is 92.7 Å². The molecular weight excluding hydrogens is 390 g/mol. The zero-order chi connectivity index (χ0) is 22.7. The molecule has 1 N–H and O–H groups in total. The minimum absolute atomic E-state index is 0.0616. The molecule has 0 bridgehead atoms. The highest BCUT2D eigenvalue weighted by molar-refractivity contribution is 5.81. The maximum Gasteiger partial charge on any atom is 0.306 e. The number of allylic oxidation sites excluding steroid dienone is 6. The van der Waals surface area contributed by atoms with E-state index in [-0.39, 0.29) is 23.9 Å². The van der Waals surface area contributed by atoms with E-state index < -0.39 is 0 Å². The van der Waals surface area contributed by atoms with Crippen LogP contribution in [-0.2, 0) is 16.1 Å². The number of aldehydes is 1. The van der Waals surface area contributed by atoms with E-state index >= 15 is 0 Å². The van der Waals surface area contributed by atoms with Crippen LogP contribution < -0.4 is 0 Å². The van der Waals surface area contributed by atoms with Gasteiger partial charge in [0.05, 0.1) is 11.3 Å². The summed E-state index contributed by atoms with van der Waals surface area (Å²) in [4.78, 5) is 27.0. The second-order valence-corrected chi connectivity index (χ2v) is 7.54. The van der Waals surface area contributed by atoms with Gasteiger partial charge in [-0.1, -0.05) is 56.2 Å². The standard InChI is InChI=1S/C26H37NO4/c1-3-4-5-6-7-8-9-10-11-12-13-14-15-16-17-18-25(29)31-21-23-19-27-22(2)26(30)24(23)20-28/h7-8,10-11,13-14,19-20,30H,3-6,9,12,15-18,21H2,1-2H3/b8-7-,11-10-,14-13-. The van der Waals surface area contributed by atoms with E-state index in [1.807, 2.05) is 0 Å². The van der Waals surface area contributed by atoms with Gasteiger partial charge in [0, 0.05) is 18.2 Å². The fourth-order valence-corrected chi connectivity index (χ4v) is 2.95. The Morgan fingerprint density at radius 2 is 1.61 bits per heavy atom. The maximum atomic E-state index is 11.9. The molecule has 0 aliphatic heterocycles. The molecule has 5 nitrogen and oxygen atoms in total. The summed E-state index contributed by atoms with van der Waals surface area (Å²) in [6.45, 7) is 3.77. The Morgan fingerprint density at radius 1 is 1.00 bits per heavy atom. The minimum Gasteiger partial charge on any atom is -0.505 e. The molecule has 0 radical (unpaired) electrons. The molecule has 0 amide bonds. The zero-order valence-electron chi connectivity index (χ0n) is 19.0. The number of hydrogen-bond acceptors (Lipinski definition) is 5. The lowest BCUT2D eigenvalue weighted by molar-refractivity contribution is -0.145. The van der Waals surface area contributed by atoms with Gasteiger partial charge in [-0.15, -0.1) is 0 Å². The molecule has 1 aromatic heterocycles. The number of ether oxygens (including phenoxy) is 1. The van der Waals surface area contributed by atoms with Crippen molar-refractivity contribution in [2.45, 2.75) is 84.7 Å². The number of aromatic hydroxyl groups is 1. The third kappa shape index (κ3) is 11.9. The summed E-state index contributed by atoms with van der Waals surface area (Å²) in [6.07, 6.45) is 25.1. The fourth-order valence-electron chi connectivity index (χ4n) is 2.95. The normalized spacial score (nSPS) is 11.7. The molecule has 0 saturated carbocycles. The number of carbonyl (C=O) groups excluding carboxylic acids is 2. The van der Waals surface area contributed by atoms with Crippen LogP contribution in [-0.4, -0.2) is 22.3 Å². The van der Waals surface area contributed by atoms with Crippen molar-refractivity contribution in [2.24, 2.45) is 0 Å². The van der Waals surface area contributed by atoms with E-state index in [9.17, 15) is 14.7 Å². The Labute approximate surface area is 186 Å². The Morgan fingerprint density at radius 3 is 2.23 bits per heavy atom. The highest BCUT2D eigenvalue weighted by Crippen LogP contribution is 2.22. The highest BCUT2D eigenvalue weighted by atomic mass is 16.5. The molecule has 0 saturated heterocycles. The van der Waals surface area contributed by atoms with Crippen molar-refractivity contribution in [1.29, 1.82) is 0 Å². The van der Waals surface area contributed by atoms with Crippen LogP contribution in [0, 0.1) is 6.92 Å². The molecular formula is C26H37NO4. The van der Waals surface area contributed by atoms with Crippen molar-refractivity contribution in [3.63, 3.8) is 0 Å². The summed E-state index contributed by atoms with van der Waals surface area (Å²) in [5.74, 6) is -0.476. The monoisotopic (exact) mass is 427 g/mol. The molecule has 31 heavy (non-hydrogen) atoms. The van der Waals surface area contributed by atoms with Gasteiger partial charge in [-0.3, -0.25) is 14.6 Å². The summed E-state index contributed by atoms with van der Waals surface area (Å²) in [7, 11) is 0. The number of aryl methyl sites for hydroxylation is 1. The van der Waals surface area contributed by atoms with Crippen LogP contribution in [0.25, 0.3) is 0 Å². The lowest BCUT2D eigenvalue weighted by Gasteiger charge is -2.09. The molecule has 0 aromatic carbocycles. The van der Waals surface area contributed by atoms with Gasteiger partial charge in [0.25, 0.3) is 0 Å². The predicted octanol–water partition coefficient (Wildman–Crippen LogP) is 6.54. The van der Waals surface area contributed by atoms with E-state index in [0.717, 1.165) is 32.1 Å². The van der Waals surface area contributed by atoms with Crippen LogP contribution in [0.3, 0.4) is 0 Å². The molecule has 0 atom stereocenters. The predicted molar refractivity (Wildman–Crippen MR) is 125 cm³/mol. The van der Waals surface area contributed by atoms with E-state index in [1.54, 1.807) is 6.92 Å². The van der Waals surface area contributed by atoms with E-state index in [4.69, 9.17) is 4.74 Å². The fraction of sp³-hybridized carbons (Fsp3) is 0.500. The largest absolute Gasteiger partial charge is 0.505 e. The average molecular weight is 428 g/mol. The van der Waals surface area contributed by atoms with Crippen LogP contribution in [0.4, 0.5) is 0 Å². The molecule has 0 fully saturated rings. The quantitative estimate of drug-likeness (QED) is 0.140. The van der Waals surface area contributed by atoms with Gasteiger partial charge >= 0.3 is 5.97 Å². The molecule has 170 valence electrons. The second-order valence-electron chi connectivity index (χ2n) is 7.54. The second kappa shape index (κ2) is 17.0. The lowest BCUT2D eigenvalue weighted by atomic mass is 10.1. The summed E-state index contributed by atoms with van der Waals surface area (Å²) >= 11 is 0. The van der Waals surface area contributed by atoms with Gasteiger partial charge in [0.1, 0.15) is 12.4 Å². The molecule has 0 unspecified atom stereocenters. The first-order valence-corrected chi connectivity index (χ1v) is 11.3. The molecule has 0 spiro atoms. The van der Waals surface area contributed by atoms with Crippen molar-refractivity contribution < 1.29 is 19.4 Å². The number of rotatable bonds is 16. The number of pyridine rings is 1. The SMILES string of the molecule is CCCCC/C=C\C/C=C\C/C=C\CCCCC(=O)OCc1cnc(C)c(O)c1C=O. The summed E-state index contributed by atoms with van der Waals surface area (Å²) < 4.78 is 5.20. The average Bonchev–Trinajstić information content (AvgIpc) is 2.77. The minimum atomic E-state index is -0.313. The third-order valence-electron chi connectivity index (χ3n) is 4.88. The Kier molecular flexibility index (Phi) is 14.5. The first-order chi connectivity index (χ1) is 15.1. The smallest absolute Gasteiger partial charge is 0.306 e. The Balaban J connectivity index is 2.10. The van der Waals surface area contributed by atoms with Crippen LogP contribution >= 0.6 is 0 Å².